The summed E-state index contributed by atoms with van der Waals surface area (Å²) < 4.78 is 3.01. The molecule has 4 aromatic rings. The SMILES string of the molecule is CC(C)(C)C1=CC[C-]=C1.CC(C)(C)C1=CC[C-]=C1.CC(C)(C)c1[c-]c2c(cc1)-c1ccc(C(C)(C)C)cc1C2.CC(C)(C)c1[c-]c2c(cc1)-c1ccc(C(C)(C)C)cc1C2.C[C](C)=[Zr+2].C[C](C)=[Zr+2].[Cl-].[Cl-]. The second kappa shape index (κ2) is 26.9. The molecule has 70 heavy (non-hydrogen) atoms. The van der Waals surface area contributed by atoms with Crippen molar-refractivity contribution in [3.05, 3.63) is 165 Å². The van der Waals surface area contributed by atoms with Crippen LogP contribution < -0.4 is 24.8 Å². The monoisotopic (exact) mass is 1130 g/mol. The van der Waals surface area contributed by atoms with Gasteiger partial charge in [0, 0.05) is 0 Å². The van der Waals surface area contributed by atoms with Crippen LogP contribution >= 0.6 is 0 Å². The molecule has 0 atom stereocenters. The zero-order valence-electron chi connectivity index (χ0n) is 47.7. The van der Waals surface area contributed by atoms with E-state index in [-0.39, 0.29) is 46.5 Å². The molecular formula is C66H88Cl2Zr2-2. The summed E-state index contributed by atoms with van der Waals surface area (Å²) in [5, 5.41) is 0. The molecule has 0 heterocycles. The van der Waals surface area contributed by atoms with Crippen molar-refractivity contribution in [1.29, 1.82) is 0 Å². The van der Waals surface area contributed by atoms with E-state index in [1.807, 2.05) is 0 Å². The summed E-state index contributed by atoms with van der Waals surface area (Å²) in [5.74, 6) is 0. The van der Waals surface area contributed by atoms with Crippen molar-refractivity contribution in [1.82, 2.24) is 0 Å². The quantitative estimate of drug-likeness (QED) is 0.133. The number of allylic oxidation sites excluding steroid dienone is 8. The largest absolute Gasteiger partial charge is 1.00 e. The average molecular weight is 1130 g/mol. The molecule has 4 aliphatic rings. The van der Waals surface area contributed by atoms with Gasteiger partial charge in [-0.2, -0.15) is 70.8 Å². The van der Waals surface area contributed by atoms with Crippen LogP contribution in [0.25, 0.3) is 22.3 Å². The molecule has 0 aromatic heterocycles. The summed E-state index contributed by atoms with van der Waals surface area (Å²) in [4.78, 5) is 0. The standard InChI is InChI=1S/2C21H25.2C9H13.2C3H6.2ClH.2Zr/c2*1-20(2,3)16-7-9-18-14(12-16)11-15-13-17(21(4,5)6)8-10-19(15)18;2*1-9(2,3)8-6-4-5-7-8;2*1-3-2;;;;/h2*7-10,12H,11H2,1-6H3;2*6-7H,4H2,1-3H3;2*1-2H3;2*1H;;/q4*-1;;;;;2*+2/p-2. The first-order valence-electron chi connectivity index (χ1n) is 25.0. The van der Waals surface area contributed by atoms with Gasteiger partial charge in [-0.25, -0.2) is 12.2 Å². The predicted octanol–water partition coefficient (Wildman–Crippen LogP) is 12.2. The molecule has 0 bridgehead atoms. The minimum absolute atomic E-state index is 0. The van der Waals surface area contributed by atoms with Crippen LogP contribution in [0, 0.1) is 35.1 Å². The molecule has 0 N–H and O–H groups in total. The maximum absolute atomic E-state index is 3.67. The Kier molecular flexibility index (Phi) is 25.4. The van der Waals surface area contributed by atoms with Gasteiger partial charge in [0.05, 0.1) is 0 Å². The van der Waals surface area contributed by atoms with E-state index in [1.165, 1.54) is 84.3 Å². The topological polar surface area (TPSA) is 0 Å². The van der Waals surface area contributed by atoms with Crippen molar-refractivity contribution in [2.24, 2.45) is 10.8 Å². The number of rotatable bonds is 0. The van der Waals surface area contributed by atoms with Crippen LogP contribution in [0.4, 0.5) is 0 Å². The summed E-state index contributed by atoms with van der Waals surface area (Å²) in [6.45, 7) is 49.0. The molecule has 0 amide bonds. The molecule has 0 spiro atoms. The number of benzene rings is 4. The van der Waals surface area contributed by atoms with E-state index in [4.69, 9.17) is 0 Å². The average Bonchev–Trinajstić information content (AvgIpc) is 4.02. The van der Waals surface area contributed by atoms with E-state index in [2.05, 4.69) is 262 Å². The third kappa shape index (κ3) is 20.7. The number of hydrogen-bond donors (Lipinski definition) is 0. The van der Waals surface area contributed by atoms with Crippen molar-refractivity contribution in [2.75, 3.05) is 0 Å². The molecule has 4 aliphatic carbocycles. The number of hydrogen-bond acceptors (Lipinski definition) is 0. The first kappa shape index (κ1) is 65.9. The van der Waals surface area contributed by atoms with Crippen LogP contribution in [-0.2, 0) is 83.0 Å². The van der Waals surface area contributed by atoms with Crippen LogP contribution in [0.15, 0.2) is 96.1 Å². The van der Waals surface area contributed by atoms with E-state index in [0.717, 1.165) is 25.7 Å². The van der Waals surface area contributed by atoms with Gasteiger partial charge in [-0.3, -0.25) is 12.2 Å². The first-order valence-corrected chi connectivity index (χ1v) is 27.4. The van der Waals surface area contributed by atoms with E-state index >= 15 is 0 Å². The van der Waals surface area contributed by atoms with Crippen LogP contribution in [0.5, 0.6) is 0 Å². The maximum atomic E-state index is 3.67. The number of fused-ring (bicyclic) bond motifs is 6. The number of halogens is 2. The zero-order valence-corrected chi connectivity index (χ0v) is 54.1. The smallest absolute Gasteiger partial charge is 1.00 e. The van der Waals surface area contributed by atoms with E-state index < -0.39 is 0 Å². The third-order valence-corrected chi connectivity index (χ3v) is 12.1. The molecule has 0 radical (unpaired) electrons. The van der Waals surface area contributed by atoms with Crippen molar-refractivity contribution in [2.45, 2.75) is 200 Å². The van der Waals surface area contributed by atoms with Crippen molar-refractivity contribution >= 4 is 6.41 Å². The molecule has 0 fully saturated rings. The summed E-state index contributed by atoms with van der Waals surface area (Å²) in [5.41, 5.74) is 20.9. The molecule has 4 heteroatoms. The molecule has 0 saturated heterocycles. The molecular weight excluding hydrogens is 1050 g/mol. The van der Waals surface area contributed by atoms with Gasteiger partial charge in [0.15, 0.2) is 0 Å². The van der Waals surface area contributed by atoms with E-state index in [9.17, 15) is 0 Å². The normalized spacial score (nSPS) is 13.9. The molecule has 0 nitrogen and oxygen atoms in total. The summed E-state index contributed by atoms with van der Waals surface area (Å²) in [6.07, 6.45) is 19.1. The second-order valence-electron chi connectivity index (χ2n) is 25.5. The molecule has 4 aromatic carbocycles. The summed E-state index contributed by atoms with van der Waals surface area (Å²) in [7, 11) is 0. The van der Waals surface area contributed by atoms with Crippen molar-refractivity contribution in [3.8, 4) is 22.3 Å². The Bertz CT molecular complexity index is 2210. The maximum Gasteiger partial charge on any atom is -1.00 e. The Hall–Kier alpha value is -2.07. The van der Waals surface area contributed by atoms with Gasteiger partial charge in [-0.1, -0.05) is 183 Å². The van der Waals surface area contributed by atoms with E-state index in [0.29, 0.717) is 10.8 Å². The van der Waals surface area contributed by atoms with Gasteiger partial charge >= 0.3 is 82.6 Å². The van der Waals surface area contributed by atoms with Crippen LogP contribution in [0.2, 0.25) is 0 Å². The van der Waals surface area contributed by atoms with Crippen LogP contribution in [-0.4, -0.2) is 6.41 Å². The Balaban J connectivity index is 0.000000464. The van der Waals surface area contributed by atoms with Gasteiger partial charge in [0.2, 0.25) is 0 Å². The van der Waals surface area contributed by atoms with Gasteiger partial charge in [-0.05, 0) is 56.8 Å². The van der Waals surface area contributed by atoms with Crippen LogP contribution in [0.3, 0.4) is 0 Å². The van der Waals surface area contributed by atoms with Crippen LogP contribution in [0.1, 0.15) is 210 Å². The molecule has 0 saturated carbocycles. The minimum Gasteiger partial charge on any atom is -1.00 e. The summed E-state index contributed by atoms with van der Waals surface area (Å²) in [6, 6.07) is 30.3. The Morgan fingerprint density at radius 2 is 0.686 bits per heavy atom. The first-order chi connectivity index (χ1) is 31.0. The zero-order chi connectivity index (χ0) is 51.8. The fraction of sp³-hybridized carbons (Fsp3) is 0.485. The molecule has 376 valence electrons. The third-order valence-electron chi connectivity index (χ3n) is 12.1. The molecule has 0 unspecified atom stereocenters. The Morgan fingerprint density at radius 3 is 0.900 bits per heavy atom. The predicted molar refractivity (Wildman–Crippen MR) is 294 cm³/mol. The molecule has 8 rings (SSSR count). The van der Waals surface area contributed by atoms with Gasteiger partial charge in [0.1, 0.15) is 0 Å². The Morgan fingerprint density at radius 1 is 0.400 bits per heavy atom. The van der Waals surface area contributed by atoms with Crippen molar-refractivity contribution in [3.63, 3.8) is 0 Å². The van der Waals surface area contributed by atoms with Crippen molar-refractivity contribution < 1.29 is 73.3 Å². The molecule has 0 aliphatic heterocycles. The fourth-order valence-corrected chi connectivity index (χ4v) is 7.89. The van der Waals surface area contributed by atoms with E-state index in [1.54, 1.807) is 48.5 Å². The Labute approximate surface area is 473 Å². The fourth-order valence-electron chi connectivity index (χ4n) is 7.89. The minimum atomic E-state index is 0. The van der Waals surface area contributed by atoms with Gasteiger partial charge in [0.25, 0.3) is 0 Å². The summed E-state index contributed by atoms with van der Waals surface area (Å²) >= 11 is 3.11. The second-order valence-corrected chi connectivity index (χ2v) is 30.5. The van der Waals surface area contributed by atoms with Gasteiger partial charge < -0.3 is 24.8 Å². The van der Waals surface area contributed by atoms with Gasteiger partial charge in [-0.15, -0.1) is 35.1 Å².